The molecule has 0 amide bonds. The number of benzene rings is 1. The molecule has 2 N–H and O–H groups in total. The number of nitrogens with zero attached hydrogens (tertiary/aromatic N) is 1. The maximum atomic E-state index is 6.62. The predicted octanol–water partition coefficient (Wildman–Crippen LogP) is 3.10. The van der Waals surface area contributed by atoms with Crippen molar-refractivity contribution in [1.82, 2.24) is 4.90 Å². The monoisotopic (exact) mass is 258 g/mol. The molecule has 0 unspecified atom stereocenters. The van der Waals surface area contributed by atoms with Crippen LogP contribution in [0.25, 0.3) is 0 Å². The first-order valence-corrected chi connectivity index (χ1v) is 7.83. The molecule has 1 aliphatic carbocycles. The highest BCUT2D eigenvalue weighted by Gasteiger charge is 2.30. The Morgan fingerprint density at radius 1 is 1.00 bits per heavy atom. The second-order valence-corrected chi connectivity index (χ2v) is 6.51. The summed E-state index contributed by atoms with van der Waals surface area (Å²) < 4.78 is 0. The Morgan fingerprint density at radius 3 is 2.53 bits per heavy atom. The smallest absolute Gasteiger partial charge is 0.0283 e. The number of hydrogen-bond acceptors (Lipinski definition) is 2. The van der Waals surface area contributed by atoms with Crippen LogP contribution in [0.3, 0.4) is 0 Å². The molecule has 2 nitrogen and oxygen atoms in total. The first-order valence-electron chi connectivity index (χ1n) is 7.83. The van der Waals surface area contributed by atoms with Crippen LogP contribution < -0.4 is 5.73 Å². The van der Waals surface area contributed by atoms with Gasteiger partial charge in [0, 0.05) is 18.6 Å². The maximum absolute atomic E-state index is 6.62. The summed E-state index contributed by atoms with van der Waals surface area (Å²) >= 11 is 0. The lowest BCUT2D eigenvalue weighted by molar-refractivity contribution is 0.168. The van der Waals surface area contributed by atoms with Gasteiger partial charge in [-0.15, -0.1) is 0 Å². The van der Waals surface area contributed by atoms with Crippen molar-refractivity contribution in [1.29, 1.82) is 0 Å². The summed E-state index contributed by atoms with van der Waals surface area (Å²) in [5.41, 5.74) is 9.75. The molecule has 1 saturated carbocycles. The summed E-state index contributed by atoms with van der Waals surface area (Å²) in [6.07, 6.45) is 8.94. The van der Waals surface area contributed by atoms with Crippen LogP contribution in [-0.4, -0.2) is 23.5 Å². The van der Waals surface area contributed by atoms with Crippen molar-refractivity contribution >= 4 is 0 Å². The highest BCUT2D eigenvalue weighted by atomic mass is 15.1. The third kappa shape index (κ3) is 3.18. The standard InChI is InChI=1S/C17H26N2/c18-17(10-4-1-5-11-17)14-19-12-6-9-15-7-2-3-8-16(15)13-19/h2-3,7-8H,1,4-6,9-14,18H2. The molecule has 0 saturated heterocycles. The molecule has 2 aliphatic rings. The van der Waals surface area contributed by atoms with Crippen molar-refractivity contribution in [2.24, 2.45) is 5.73 Å². The third-order valence-electron chi connectivity index (χ3n) is 4.82. The Hall–Kier alpha value is -0.860. The number of aryl methyl sites for hydroxylation is 1. The topological polar surface area (TPSA) is 29.3 Å². The largest absolute Gasteiger partial charge is 0.324 e. The molecular formula is C17H26N2. The first-order chi connectivity index (χ1) is 9.25. The Kier molecular flexibility index (Phi) is 3.90. The van der Waals surface area contributed by atoms with Gasteiger partial charge in [-0.05, 0) is 43.4 Å². The molecule has 2 heteroatoms. The van der Waals surface area contributed by atoms with E-state index in [-0.39, 0.29) is 5.54 Å². The van der Waals surface area contributed by atoms with Crippen molar-refractivity contribution in [3.63, 3.8) is 0 Å². The summed E-state index contributed by atoms with van der Waals surface area (Å²) in [6, 6.07) is 8.91. The first kappa shape index (κ1) is 13.1. The van der Waals surface area contributed by atoms with E-state index in [2.05, 4.69) is 29.2 Å². The van der Waals surface area contributed by atoms with Gasteiger partial charge in [0.2, 0.25) is 0 Å². The van der Waals surface area contributed by atoms with Crippen LogP contribution in [0.1, 0.15) is 49.7 Å². The second kappa shape index (κ2) is 5.64. The van der Waals surface area contributed by atoms with Crippen molar-refractivity contribution < 1.29 is 0 Å². The molecule has 0 atom stereocenters. The van der Waals surface area contributed by atoms with Crippen LogP contribution in [0.5, 0.6) is 0 Å². The van der Waals surface area contributed by atoms with Gasteiger partial charge >= 0.3 is 0 Å². The van der Waals surface area contributed by atoms with Crippen LogP contribution in [-0.2, 0) is 13.0 Å². The Morgan fingerprint density at radius 2 is 1.74 bits per heavy atom. The summed E-state index contributed by atoms with van der Waals surface area (Å²) in [5, 5.41) is 0. The molecule has 1 aromatic carbocycles. The fourth-order valence-corrected chi connectivity index (χ4v) is 3.76. The summed E-state index contributed by atoms with van der Waals surface area (Å²) in [4.78, 5) is 2.59. The lowest BCUT2D eigenvalue weighted by Gasteiger charge is -2.38. The van der Waals surface area contributed by atoms with Crippen molar-refractivity contribution in [2.45, 2.75) is 57.0 Å². The van der Waals surface area contributed by atoms with Gasteiger partial charge in [-0.2, -0.15) is 0 Å². The minimum absolute atomic E-state index is 0.0809. The number of nitrogens with two attached hydrogens (primary N) is 1. The van der Waals surface area contributed by atoms with Crippen LogP contribution in [0, 0.1) is 0 Å². The van der Waals surface area contributed by atoms with Crippen LogP contribution in [0.2, 0.25) is 0 Å². The van der Waals surface area contributed by atoms with E-state index in [0.29, 0.717) is 0 Å². The highest BCUT2D eigenvalue weighted by Crippen LogP contribution is 2.28. The van der Waals surface area contributed by atoms with E-state index in [0.717, 1.165) is 13.1 Å². The SMILES string of the molecule is NC1(CN2CCCc3ccccc3C2)CCCCC1. The van der Waals surface area contributed by atoms with Gasteiger partial charge in [-0.1, -0.05) is 43.5 Å². The van der Waals surface area contributed by atoms with E-state index in [1.54, 1.807) is 5.56 Å². The summed E-state index contributed by atoms with van der Waals surface area (Å²) in [6.45, 7) is 3.38. The molecule has 0 radical (unpaired) electrons. The molecule has 1 heterocycles. The molecule has 0 bridgehead atoms. The Bertz CT molecular complexity index is 421. The highest BCUT2D eigenvalue weighted by molar-refractivity contribution is 5.28. The Labute approximate surface area is 117 Å². The zero-order valence-corrected chi connectivity index (χ0v) is 11.9. The second-order valence-electron chi connectivity index (χ2n) is 6.51. The van der Waals surface area contributed by atoms with Crippen molar-refractivity contribution in [2.75, 3.05) is 13.1 Å². The average molecular weight is 258 g/mol. The molecule has 19 heavy (non-hydrogen) atoms. The van der Waals surface area contributed by atoms with E-state index in [9.17, 15) is 0 Å². The quantitative estimate of drug-likeness (QED) is 0.883. The minimum atomic E-state index is 0.0809. The number of fused-ring (bicyclic) bond motifs is 1. The van der Waals surface area contributed by atoms with Gasteiger partial charge in [0.25, 0.3) is 0 Å². The maximum Gasteiger partial charge on any atom is 0.0283 e. The normalized spacial score (nSPS) is 23.6. The molecule has 1 aliphatic heterocycles. The van der Waals surface area contributed by atoms with E-state index in [1.807, 2.05) is 0 Å². The molecule has 1 aromatic rings. The lowest BCUT2D eigenvalue weighted by atomic mass is 9.82. The number of rotatable bonds is 2. The molecular weight excluding hydrogens is 232 g/mol. The molecule has 1 fully saturated rings. The van der Waals surface area contributed by atoms with Crippen molar-refractivity contribution in [3.8, 4) is 0 Å². The average Bonchev–Trinajstić information content (AvgIpc) is 2.60. The van der Waals surface area contributed by atoms with Gasteiger partial charge in [0.15, 0.2) is 0 Å². The van der Waals surface area contributed by atoms with Gasteiger partial charge in [-0.3, -0.25) is 4.90 Å². The third-order valence-corrected chi connectivity index (χ3v) is 4.82. The van der Waals surface area contributed by atoms with Gasteiger partial charge < -0.3 is 5.73 Å². The van der Waals surface area contributed by atoms with Crippen LogP contribution in [0.15, 0.2) is 24.3 Å². The summed E-state index contributed by atoms with van der Waals surface area (Å²) in [7, 11) is 0. The van der Waals surface area contributed by atoms with E-state index in [4.69, 9.17) is 5.73 Å². The fourth-order valence-electron chi connectivity index (χ4n) is 3.76. The van der Waals surface area contributed by atoms with Gasteiger partial charge in [0.05, 0.1) is 0 Å². The van der Waals surface area contributed by atoms with Gasteiger partial charge in [0.1, 0.15) is 0 Å². The van der Waals surface area contributed by atoms with Crippen molar-refractivity contribution in [3.05, 3.63) is 35.4 Å². The van der Waals surface area contributed by atoms with Gasteiger partial charge in [-0.25, -0.2) is 0 Å². The van der Waals surface area contributed by atoms with E-state index in [1.165, 1.54) is 57.1 Å². The van der Waals surface area contributed by atoms with Crippen LogP contribution >= 0.6 is 0 Å². The zero-order chi connectivity index (χ0) is 13.1. The zero-order valence-electron chi connectivity index (χ0n) is 11.9. The Balaban J connectivity index is 1.69. The minimum Gasteiger partial charge on any atom is -0.324 e. The van der Waals surface area contributed by atoms with E-state index < -0.39 is 0 Å². The molecule has 0 spiro atoms. The number of hydrogen-bond donors (Lipinski definition) is 1. The summed E-state index contributed by atoms with van der Waals surface area (Å²) in [5.74, 6) is 0. The van der Waals surface area contributed by atoms with Crippen LogP contribution in [0.4, 0.5) is 0 Å². The molecule has 3 rings (SSSR count). The van der Waals surface area contributed by atoms with E-state index >= 15 is 0 Å². The molecule has 104 valence electrons. The molecule has 0 aromatic heterocycles. The fraction of sp³-hybridized carbons (Fsp3) is 0.647. The predicted molar refractivity (Wildman–Crippen MR) is 80.0 cm³/mol. The lowest BCUT2D eigenvalue weighted by Crippen LogP contribution is -2.51.